The Balaban J connectivity index is 1.65. The zero-order valence-electron chi connectivity index (χ0n) is 13.5. The minimum atomic E-state index is -0.505. The fourth-order valence-corrected chi connectivity index (χ4v) is 3.90. The van der Waals surface area contributed by atoms with Crippen LogP contribution in [0.4, 0.5) is 0 Å². The molecule has 1 unspecified atom stereocenters. The molecule has 3 aliphatic rings. The molecule has 1 atom stereocenters. The predicted molar refractivity (Wildman–Crippen MR) is 88.8 cm³/mol. The lowest BCUT2D eigenvalue weighted by Crippen LogP contribution is -2.35. The molecule has 3 heterocycles. The second kappa shape index (κ2) is 6.59. The minimum Gasteiger partial charge on any atom is -0.356 e. The van der Waals surface area contributed by atoms with Crippen LogP contribution < -0.4 is 5.56 Å². The molecule has 1 aromatic rings. The second-order valence-corrected chi connectivity index (χ2v) is 6.89. The van der Waals surface area contributed by atoms with Crippen LogP contribution in [0.15, 0.2) is 17.1 Å². The first-order valence-corrected chi connectivity index (χ1v) is 8.93. The van der Waals surface area contributed by atoms with E-state index >= 15 is 0 Å². The lowest BCUT2D eigenvalue weighted by molar-refractivity contribution is -0.159. The first-order chi connectivity index (χ1) is 11.7. The Hall–Kier alpha value is -1.21. The Morgan fingerprint density at radius 3 is 2.75 bits per heavy atom. The third kappa shape index (κ3) is 2.92. The van der Waals surface area contributed by atoms with Crippen molar-refractivity contribution in [3.63, 3.8) is 0 Å². The van der Waals surface area contributed by atoms with Crippen LogP contribution in [0.1, 0.15) is 50.3 Å². The molecule has 2 fully saturated rings. The number of rotatable bonds is 2. The number of ether oxygens (including phenoxy) is 3. The molecule has 0 radical (unpaired) electrons. The normalized spacial score (nSPS) is 26.5. The highest BCUT2D eigenvalue weighted by atomic mass is 35.5. The van der Waals surface area contributed by atoms with Crippen molar-refractivity contribution in [1.29, 1.82) is 0 Å². The van der Waals surface area contributed by atoms with Gasteiger partial charge in [0.05, 0.1) is 30.0 Å². The van der Waals surface area contributed by atoms with Gasteiger partial charge in [-0.3, -0.25) is 4.79 Å². The van der Waals surface area contributed by atoms with Crippen LogP contribution in [0.5, 0.6) is 0 Å². The van der Waals surface area contributed by atoms with Gasteiger partial charge >= 0.3 is 0 Å². The average molecular weight is 353 g/mol. The van der Waals surface area contributed by atoms with E-state index in [-0.39, 0.29) is 11.8 Å². The van der Waals surface area contributed by atoms with Gasteiger partial charge in [0.15, 0.2) is 12.0 Å². The summed E-state index contributed by atoms with van der Waals surface area (Å²) in [5, 5.41) is 4.59. The van der Waals surface area contributed by atoms with Gasteiger partial charge in [-0.25, -0.2) is 4.68 Å². The molecular weight excluding hydrogens is 332 g/mol. The zero-order valence-corrected chi connectivity index (χ0v) is 14.3. The maximum atomic E-state index is 12.9. The van der Waals surface area contributed by atoms with Gasteiger partial charge in [0.2, 0.25) is 0 Å². The van der Waals surface area contributed by atoms with Crippen LogP contribution in [-0.2, 0) is 14.2 Å². The minimum absolute atomic E-state index is 0.176. The van der Waals surface area contributed by atoms with Gasteiger partial charge in [-0.15, -0.1) is 0 Å². The second-order valence-electron chi connectivity index (χ2n) is 6.48. The maximum absolute atomic E-state index is 12.9. The summed E-state index contributed by atoms with van der Waals surface area (Å²) in [6, 6.07) is 0. The summed E-state index contributed by atoms with van der Waals surface area (Å²) in [7, 11) is 0. The summed E-state index contributed by atoms with van der Waals surface area (Å²) in [5.74, 6) is -0.505. The predicted octanol–water partition coefficient (Wildman–Crippen LogP) is 2.91. The number of nitrogens with zero attached hydrogens (tertiary/aromatic N) is 2. The third-order valence-corrected chi connectivity index (χ3v) is 5.24. The molecule has 0 saturated carbocycles. The van der Waals surface area contributed by atoms with Crippen molar-refractivity contribution < 1.29 is 14.2 Å². The molecule has 1 aliphatic carbocycles. The van der Waals surface area contributed by atoms with E-state index in [0.717, 1.165) is 31.3 Å². The third-order valence-electron chi connectivity index (χ3n) is 4.95. The van der Waals surface area contributed by atoms with Gasteiger partial charge in [-0.05, 0) is 31.3 Å². The van der Waals surface area contributed by atoms with E-state index in [1.807, 2.05) is 6.08 Å². The first kappa shape index (κ1) is 16.3. The highest BCUT2D eigenvalue weighted by Crippen LogP contribution is 2.38. The van der Waals surface area contributed by atoms with E-state index in [0.29, 0.717) is 43.2 Å². The lowest BCUT2D eigenvalue weighted by atomic mass is 9.90. The molecule has 130 valence electrons. The summed E-state index contributed by atoms with van der Waals surface area (Å²) in [6.07, 6.45) is 8.21. The molecule has 24 heavy (non-hydrogen) atoms. The Labute approximate surface area is 145 Å². The summed E-state index contributed by atoms with van der Waals surface area (Å²) >= 11 is 6.30. The largest absolute Gasteiger partial charge is 0.356 e. The highest BCUT2D eigenvalue weighted by molar-refractivity contribution is 6.32. The Morgan fingerprint density at radius 1 is 1.25 bits per heavy atom. The molecule has 0 bridgehead atoms. The number of hydrogen-bond acceptors (Lipinski definition) is 5. The van der Waals surface area contributed by atoms with Gasteiger partial charge in [0.25, 0.3) is 5.56 Å². The van der Waals surface area contributed by atoms with E-state index in [1.54, 1.807) is 6.20 Å². The molecule has 7 heteroatoms. The van der Waals surface area contributed by atoms with Crippen molar-refractivity contribution in [2.24, 2.45) is 0 Å². The molecule has 2 aliphatic heterocycles. The molecule has 0 aromatic carbocycles. The van der Waals surface area contributed by atoms with Crippen LogP contribution in [0, 0.1) is 0 Å². The molecule has 1 spiro atoms. The van der Waals surface area contributed by atoms with Gasteiger partial charge in [0, 0.05) is 19.4 Å². The summed E-state index contributed by atoms with van der Waals surface area (Å²) in [5.41, 5.74) is 1.31. The molecule has 2 saturated heterocycles. The number of allylic oxidation sites excluding steroid dienone is 1. The topological polar surface area (TPSA) is 62.6 Å². The van der Waals surface area contributed by atoms with E-state index in [4.69, 9.17) is 25.8 Å². The molecule has 4 rings (SSSR count). The average Bonchev–Trinajstić information content (AvgIpc) is 3.06. The monoisotopic (exact) mass is 352 g/mol. The number of aromatic nitrogens is 2. The Kier molecular flexibility index (Phi) is 4.47. The molecular formula is C17H21ClN2O4. The summed E-state index contributed by atoms with van der Waals surface area (Å²) < 4.78 is 18.6. The van der Waals surface area contributed by atoms with Gasteiger partial charge < -0.3 is 14.2 Å². The summed E-state index contributed by atoms with van der Waals surface area (Å²) in [6.45, 7) is 1.92. The van der Waals surface area contributed by atoms with Gasteiger partial charge in [-0.1, -0.05) is 17.7 Å². The van der Waals surface area contributed by atoms with E-state index < -0.39 is 5.79 Å². The van der Waals surface area contributed by atoms with Gasteiger partial charge in [-0.2, -0.15) is 5.10 Å². The molecule has 1 aromatic heterocycles. The molecule has 0 N–H and O–H groups in total. The fraction of sp³-hybridized carbons (Fsp3) is 0.647. The lowest BCUT2D eigenvalue weighted by Gasteiger charge is -2.31. The SMILES string of the molecule is O=c1c(C2=CCC3(CC2)OCCO3)c(Cl)cnn1C1CCCCO1. The highest BCUT2D eigenvalue weighted by Gasteiger charge is 2.38. The van der Waals surface area contributed by atoms with E-state index in [1.165, 1.54) is 4.68 Å². The standard InChI is InChI=1S/C17H21ClN2O4/c18-13-11-19-20(14-3-1-2-8-22-14)16(21)15(13)12-4-6-17(7-5-12)23-9-10-24-17/h4,11,14H,1-3,5-10H2. The van der Waals surface area contributed by atoms with E-state index in [9.17, 15) is 4.79 Å². The number of hydrogen-bond donors (Lipinski definition) is 0. The van der Waals surface area contributed by atoms with Crippen molar-refractivity contribution in [2.75, 3.05) is 19.8 Å². The van der Waals surface area contributed by atoms with E-state index in [2.05, 4.69) is 5.10 Å². The van der Waals surface area contributed by atoms with Crippen LogP contribution >= 0.6 is 11.6 Å². The van der Waals surface area contributed by atoms with Crippen molar-refractivity contribution in [3.05, 3.63) is 33.2 Å². The van der Waals surface area contributed by atoms with Crippen molar-refractivity contribution in [3.8, 4) is 0 Å². The Morgan fingerprint density at radius 2 is 2.08 bits per heavy atom. The van der Waals surface area contributed by atoms with Gasteiger partial charge in [0.1, 0.15) is 0 Å². The fourth-order valence-electron chi connectivity index (χ4n) is 3.65. The van der Waals surface area contributed by atoms with Crippen molar-refractivity contribution in [1.82, 2.24) is 9.78 Å². The first-order valence-electron chi connectivity index (χ1n) is 8.55. The van der Waals surface area contributed by atoms with Crippen molar-refractivity contribution >= 4 is 17.2 Å². The summed E-state index contributed by atoms with van der Waals surface area (Å²) in [4.78, 5) is 12.9. The maximum Gasteiger partial charge on any atom is 0.278 e. The Bertz CT molecular complexity index is 703. The van der Waals surface area contributed by atoms with Crippen LogP contribution in [0.2, 0.25) is 5.02 Å². The quantitative estimate of drug-likeness (QED) is 0.819. The van der Waals surface area contributed by atoms with Crippen LogP contribution in [-0.4, -0.2) is 35.4 Å². The smallest absolute Gasteiger partial charge is 0.278 e. The number of halogens is 1. The van der Waals surface area contributed by atoms with Crippen LogP contribution in [0.25, 0.3) is 5.57 Å². The zero-order chi connectivity index (χ0) is 16.6. The van der Waals surface area contributed by atoms with Crippen LogP contribution in [0.3, 0.4) is 0 Å². The molecule has 0 amide bonds. The van der Waals surface area contributed by atoms with Crippen molar-refractivity contribution in [2.45, 2.75) is 50.5 Å². The molecule has 6 nitrogen and oxygen atoms in total.